The Bertz CT molecular complexity index is 1260. The molecule has 2 aromatic carbocycles. The number of aliphatic hydroxyl groups excluding tert-OH is 1. The smallest absolute Gasteiger partial charge is 0.237 e. The number of fused-ring (bicyclic) bond motifs is 1. The molecule has 1 aliphatic carbocycles. The molecule has 1 saturated carbocycles. The Balaban J connectivity index is 1.44. The molecule has 7 atom stereocenters. The lowest BCUT2D eigenvalue weighted by molar-refractivity contribution is -0.278. The van der Waals surface area contributed by atoms with E-state index >= 15 is 0 Å². The van der Waals surface area contributed by atoms with Gasteiger partial charge in [-0.3, -0.25) is 14.5 Å². The third-order valence-corrected chi connectivity index (χ3v) is 9.61. The summed E-state index contributed by atoms with van der Waals surface area (Å²) >= 11 is 0. The highest BCUT2D eigenvalue weighted by Gasteiger charge is 2.46. The molecule has 0 radical (unpaired) electrons. The summed E-state index contributed by atoms with van der Waals surface area (Å²) in [5, 5.41) is 15.7. The van der Waals surface area contributed by atoms with Crippen LogP contribution < -0.4 is 10.6 Å². The van der Waals surface area contributed by atoms with E-state index in [4.69, 9.17) is 9.47 Å². The molecule has 8 heteroatoms. The molecule has 2 aliphatic heterocycles. The summed E-state index contributed by atoms with van der Waals surface area (Å²) in [6.45, 7) is 11.0. The monoisotopic (exact) mass is 605 g/mol. The molecule has 0 unspecified atom stereocenters. The Morgan fingerprint density at radius 1 is 0.909 bits per heavy atom. The van der Waals surface area contributed by atoms with E-state index in [2.05, 4.69) is 22.5 Å². The molecule has 2 aromatic rings. The number of rotatable bonds is 8. The summed E-state index contributed by atoms with van der Waals surface area (Å²) in [7, 11) is 0. The molecule has 3 N–H and O–H groups in total. The van der Waals surface area contributed by atoms with Crippen LogP contribution >= 0.6 is 0 Å². The Kier molecular flexibility index (Phi) is 10.5. The minimum atomic E-state index is -0.581. The van der Waals surface area contributed by atoms with Crippen LogP contribution in [0.3, 0.4) is 0 Å². The number of nitrogens with zero attached hydrogens (tertiary/aromatic N) is 1. The van der Waals surface area contributed by atoms with Gasteiger partial charge in [-0.1, -0.05) is 68.3 Å². The zero-order valence-electron chi connectivity index (χ0n) is 27.1. The number of carbonyl (C=O) groups is 2. The van der Waals surface area contributed by atoms with Crippen LogP contribution in [0.15, 0.2) is 48.5 Å². The average molecular weight is 606 g/mol. The number of likely N-dealkylation sites (tertiary alicyclic amines) is 1. The Morgan fingerprint density at radius 3 is 2.23 bits per heavy atom. The van der Waals surface area contributed by atoms with Crippen molar-refractivity contribution in [1.82, 2.24) is 15.5 Å². The van der Waals surface area contributed by atoms with Gasteiger partial charge in [0.15, 0.2) is 6.29 Å². The number of nitrogens with one attached hydrogen (secondary N) is 2. The molecule has 3 aliphatic rings. The minimum absolute atomic E-state index is 0.00388. The van der Waals surface area contributed by atoms with E-state index in [9.17, 15) is 14.7 Å². The van der Waals surface area contributed by atoms with Crippen molar-refractivity contribution in [3.05, 3.63) is 70.8 Å². The standard InChI is InChI=1S/C36H51N3O5/c1-23-32(21-39-30-9-7-6-8-27(30)18-19-31(39)34(42)38-36(3,4)5)43-35(29-16-10-25(11-17-29)20-37-24(2)41)44-33(23)28-14-12-26(22-40)13-15-28/h10-17,23,27,30-33,35,40H,6-9,18-22H2,1-5H3,(H,37,41)(H,38,42)/t23-,27-,30-,31-,32+,33+,35+/m1/s1. The summed E-state index contributed by atoms with van der Waals surface area (Å²) in [4.78, 5) is 27.6. The summed E-state index contributed by atoms with van der Waals surface area (Å²) < 4.78 is 13.5. The highest BCUT2D eigenvalue weighted by atomic mass is 16.7. The molecule has 8 nitrogen and oxygen atoms in total. The van der Waals surface area contributed by atoms with E-state index in [0.29, 0.717) is 25.0 Å². The molecule has 44 heavy (non-hydrogen) atoms. The molecule has 0 aromatic heterocycles. The summed E-state index contributed by atoms with van der Waals surface area (Å²) in [6, 6.07) is 16.2. The van der Waals surface area contributed by atoms with Gasteiger partial charge in [0.2, 0.25) is 11.8 Å². The van der Waals surface area contributed by atoms with Gasteiger partial charge < -0.3 is 25.2 Å². The number of carbonyl (C=O) groups excluding carboxylic acids is 2. The van der Waals surface area contributed by atoms with Gasteiger partial charge in [0.1, 0.15) is 0 Å². The second-order valence-electron chi connectivity index (χ2n) is 14.1. The van der Waals surface area contributed by atoms with Gasteiger partial charge in [0.25, 0.3) is 0 Å². The topological polar surface area (TPSA) is 100 Å². The lowest BCUT2D eigenvalue weighted by Crippen LogP contribution is -2.61. The zero-order valence-corrected chi connectivity index (χ0v) is 27.1. The largest absolute Gasteiger partial charge is 0.392 e. The van der Waals surface area contributed by atoms with Crippen LogP contribution in [0.5, 0.6) is 0 Å². The summed E-state index contributed by atoms with van der Waals surface area (Å²) in [6.07, 6.45) is 5.81. The molecular formula is C36H51N3O5. The third-order valence-electron chi connectivity index (χ3n) is 9.61. The quantitative estimate of drug-likeness (QED) is 0.365. The SMILES string of the molecule is CC(=O)NCc1ccc([C@H]2O[C@@H](CN3[C@@H](C(=O)NC(C)(C)C)CC[C@H]4CCCC[C@H]43)[C@@H](C)[C@@H](c3ccc(CO)cc3)O2)cc1. The van der Waals surface area contributed by atoms with Gasteiger partial charge in [-0.15, -0.1) is 0 Å². The fraction of sp³-hybridized carbons (Fsp3) is 0.611. The van der Waals surface area contributed by atoms with Crippen molar-refractivity contribution in [3.63, 3.8) is 0 Å². The van der Waals surface area contributed by atoms with Gasteiger partial charge in [-0.2, -0.15) is 0 Å². The van der Waals surface area contributed by atoms with Crippen LogP contribution in [0.1, 0.15) is 108 Å². The average Bonchev–Trinajstić information content (AvgIpc) is 3.00. The second kappa shape index (κ2) is 14.1. The molecule has 5 rings (SSSR count). The fourth-order valence-corrected chi connectivity index (χ4v) is 7.28. The third kappa shape index (κ3) is 7.89. The van der Waals surface area contributed by atoms with Crippen molar-refractivity contribution >= 4 is 11.8 Å². The fourth-order valence-electron chi connectivity index (χ4n) is 7.28. The van der Waals surface area contributed by atoms with E-state index in [1.54, 1.807) is 0 Å². The van der Waals surface area contributed by atoms with Crippen LogP contribution in [0.2, 0.25) is 0 Å². The van der Waals surface area contributed by atoms with E-state index in [0.717, 1.165) is 41.5 Å². The summed E-state index contributed by atoms with van der Waals surface area (Å²) in [5.74, 6) is 0.697. The van der Waals surface area contributed by atoms with Crippen molar-refractivity contribution < 1.29 is 24.2 Å². The second-order valence-corrected chi connectivity index (χ2v) is 14.1. The van der Waals surface area contributed by atoms with Crippen LogP contribution in [0.25, 0.3) is 0 Å². The lowest BCUT2D eigenvalue weighted by Gasteiger charge is -2.51. The van der Waals surface area contributed by atoms with E-state index in [1.807, 2.05) is 69.3 Å². The number of hydrogen-bond acceptors (Lipinski definition) is 6. The molecule has 2 amide bonds. The van der Waals surface area contributed by atoms with Gasteiger partial charge in [-0.05, 0) is 69.1 Å². The Morgan fingerprint density at radius 2 is 1.57 bits per heavy atom. The Labute approximate surface area is 262 Å². The number of ether oxygens (including phenoxy) is 2. The first-order chi connectivity index (χ1) is 21.0. The van der Waals surface area contributed by atoms with Gasteiger partial charge in [-0.25, -0.2) is 0 Å². The maximum Gasteiger partial charge on any atom is 0.237 e. The van der Waals surface area contributed by atoms with Crippen molar-refractivity contribution in [2.75, 3.05) is 6.54 Å². The highest BCUT2D eigenvalue weighted by molar-refractivity contribution is 5.82. The zero-order chi connectivity index (χ0) is 31.4. The van der Waals surface area contributed by atoms with E-state index in [-0.39, 0.29) is 48.1 Å². The van der Waals surface area contributed by atoms with Crippen molar-refractivity contribution in [3.8, 4) is 0 Å². The number of amides is 2. The first kappa shape index (κ1) is 32.6. The molecule has 2 heterocycles. The van der Waals surface area contributed by atoms with Crippen LogP contribution in [0.4, 0.5) is 0 Å². The normalized spacial score (nSPS) is 29.5. The van der Waals surface area contributed by atoms with Crippen LogP contribution in [-0.4, -0.2) is 52.1 Å². The van der Waals surface area contributed by atoms with E-state index in [1.165, 1.54) is 26.2 Å². The van der Waals surface area contributed by atoms with Crippen LogP contribution in [0, 0.1) is 11.8 Å². The molecule has 3 fully saturated rings. The van der Waals surface area contributed by atoms with Crippen molar-refractivity contribution in [1.29, 1.82) is 0 Å². The van der Waals surface area contributed by atoms with Crippen LogP contribution in [-0.2, 0) is 32.2 Å². The maximum atomic E-state index is 13.7. The van der Waals surface area contributed by atoms with Gasteiger partial charge in [0.05, 0.1) is 24.9 Å². The minimum Gasteiger partial charge on any atom is -0.392 e. The molecule has 0 bridgehead atoms. The van der Waals surface area contributed by atoms with Crippen molar-refractivity contribution in [2.45, 2.75) is 122 Å². The molecule has 240 valence electrons. The molecular weight excluding hydrogens is 554 g/mol. The first-order valence-corrected chi connectivity index (χ1v) is 16.4. The maximum absolute atomic E-state index is 13.7. The lowest BCUT2D eigenvalue weighted by atomic mass is 9.75. The van der Waals surface area contributed by atoms with E-state index < -0.39 is 6.29 Å². The molecule has 0 spiro atoms. The number of aliphatic hydroxyl groups is 1. The number of piperidine rings is 1. The number of hydrogen-bond donors (Lipinski definition) is 3. The molecule has 2 saturated heterocycles. The predicted octanol–water partition coefficient (Wildman–Crippen LogP) is 5.54. The van der Waals surface area contributed by atoms with Crippen molar-refractivity contribution in [2.24, 2.45) is 11.8 Å². The predicted molar refractivity (Wildman–Crippen MR) is 170 cm³/mol. The first-order valence-electron chi connectivity index (χ1n) is 16.4. The van der Waals surface area contributed by atoms with Gasteiger partial charge >= 0.3 is 0 Å². The Hall–Kier alpha value is -2.78. The number of benzene rings is 2. The highest BCUT2D eigenvalue weighted by Crippen LogP contribution is 2.44. The summed E-state index contributed by atoms with van der Waals surface area (Å²) in [5.41, 5.74) is 3.54. The van der Waals surface area contributed by atoms with Gasteiger partial charge in [0, 0.05) is 43.1 Å².